The third kappa shape index (κ3) is 5.41. The fourth-order valence-corrected chi connectivity index (χ4v) is 2.70. The van der Waals surface area contributed by atoms with Gasteiger partial charge >= 0.3 is 0 Å². The van der Waals surface area contributed by atoms with Crippen LogP contribution in [0.25, 0.3) is 0 Å². The van der Waals surface area contributed by atoms with Crippen molar-refractivity contribution in [3.63, 3.8) is 0 Å². The van der Waals surface area contributed by atoms with Crippen LogP contribution < -0.4 is 5.32 Å². The van der Waals surface area contributed by atoms with Crippen molar-refractivity contribution in [2.24, 2.45) is 5.92 Å². The molecule has 0 spiro atoms. The normalized spacial score (nSPS) is 11.9. The molecule has 0 aliphatic rings. The largest absolute Gasteiger partial charge is 0.344 e. The Morgan fingerprint density at radius 3 is 2.54 bits per heavy atom. The molecule has 5 nitrogen and oxygen atoms in total. The fourth-order valence-electron chi connectivity index (χ4n) is 2.70. The van der Waals surface area contributed by atoms with E-state index in [0.29, 0.717) is 18.5 Å². The van der Waals surface area contributed by atoms with Gasteiger partial charge in [-0.3, -0.25) is 14.6 Å². The van der Waals surface area contributed by atoms with Gasteiger partial charge in [-0.1, -0.05) is 37.6 Å². The molecular formula is C21H27N3O2. The summed E-state index contributed by atoms with van der Waals surface area (Å²) in [6.07, 6.45) is 2.43. The van der Waals surface area contributed by atoms with E-state index in [0.717, 1.165) is 11.3 Å². The van der Waals surface area contributed by atoms with Gasteiger partial charge in [0, 0.05) is 37.5 Å². The molecule has 2 amide bonds. The van der Waals surface area contributed by atoms with Crippen LogP contribution in [0.1, 0.15) is 35.5 Å². The van der Waals surface area contributed by atoms with Crippen LogP contribution in [-0.2, 0) is 11.2 Å². The van der Waals surface area contributed by atoms with Gasteiger partial charge in [-0.05, 0) is 37.1 Å². The topological polar surface area (TPSA) is 62.3 Å². The summed E-state index contributed by atoms with van der Waals surface area (Å²) in [6, 6.07) is 12.5. The zero-order chi connectivity index (χ0) is 19.1. The first-order chi connectivity index (χ1) is 12.4. The summed E-state index contributed by atoms with van der Waals surface area (Å²) in [5.41, 5.74) is 2.52. The number of aryl methyl sites for hydroxylation is 1. The Bertz CT molecular complexity index is 744. The van der Waals surface area contributed by atoms with Crippen molar-refractivity contribution in [2.75, 3.05) is 13.6 Å². The zero-order valence-corrected chi connectivity index (χ0v) is 15.9. The number of likely N-dealkylation sites (N-methyl/N-ethyl adjacent to an activating group) is 1. The van der Waals surface area contributed by atoms with Crippen molar-refractivity contribution in [1.82, 2.24) is 15.2 Å². The van der Waals surface area contributed by atoms with Gasteiger partial charge in [-0.25, -0.2) is 0 Å². The quantitative estimate of drug-likeness (QED) is 0.832. The van der Waals surface area contributed by atoms with E-state index in [1.165, 1.54) is 0 Å². The minimum absolute atomic E-state index is 0.00596. The molecule has 2 rings (SSSR count). The van der Waals surface area contributed by atoms with E-state index in [2.05, 4.69) is 10.3 Å². The van der Waals surface area contributed by atoms with Crippen LogP contribution in [0.3, 0.4) is 0 Å². The molecule has 0 saturated carbocycles. The monoisotopic (exact) mass is 353 g/mol. The van der Waals surface area contributed by atoms with Crippen molar-refractivity contribution >= 4 is 11.8 Å². The SMILES string of the molecule is Cc1cccc(C(=O)NC(C(=O)N(C)CCc2ccccn2)C(C)C)c1. The number of nitrogens with zero attached hydrogens (tertiary/aromatic N) is 2. The van der Waals surface area contributed by atoms with Gasteiger partial charge in [0.25, 0.3) is 5.91 Å². The predicted octanol–water partition coefficient (Wildman–Crippen LogP) is 2.85. The lowest BCUT2D eigenvalue weighted by Crippen LogP contribution is -2.50. The van der Waals surface area contributed by atoms with Crippen molar-refractivity contribution in [3.05, 3.63) is 65.5 Å². The second kappa shape index (κ2) is 9.13. The molecule has 2 aromatic rings. The summed E-state index contributed by atoms with van der Waals surface area (Å²) in [7, 11) is 1.76. The summed E-state index contributed by atoms with van der Waals surface area (Å²) >= 11 is 0. The van der Waals surface area contributed by atoms with Gasteiger partial charge in [0.2, 0.25) is 5.91 Å². The van der Waals surface area contributed by atoms with Crippen LogP contribution in [0.15, 0.2) is 48.7 Å². The van der Waals surface area contributed by atoms with E-state index in [1.54, 1.807) is 24.2 Å². The smallest absolute Gasteiger partial charge is 0.251 e. The molecule has 0 fully saturated rings. The van der Waals surface area contributed by atoms with Gasteiger partial charge in [0.15, 0.2) is 0 Å². The number of nitrogens with one attached hydrogen (secondary N) is 1. The van der Waals surface area contributed by atoms with Gasteiger partial charge < -0.3 is 10.2 Å². The number of hydrogen-bond donors (Lipinski definition) is 1. The molecule has 0 radical (unpaired) electrons. The Kier molecular flexibility index (Phi) is 6.89. The first kappa shape index (κ1) is 19.6. The predicted molar refractivity (Wildman–Crippen MR) is 103 cm³/mol. The maximum absolute atomic E-state index is 12.8. The fraction of sp³-hybridized carbons (Fsp3) is 0.381. The average Bonchev–Trinajstić information content (AvgIpc) is 2.64. The van der Waals surface area contributed by atoms with Crippen LogP contribution in [0, 0.1) is 12.8 Å². The van der Waals surface area contributed by atoms with E-state index >= 15 is 0 Å². The number of benzene rings is 1. The maximum Gasteiger partial charge on any atom is 0.251 e. The number of rotatable bonds is 7. The Balaban J connectivity index is 2.01. The molecule has 1 N–H and O–H groups in total. The highest BCUT2D eigenvalue weighted by Gasteiger charge is 2.27. The van der Waals surface area contributed by atoms with Crippen molar-refractivity contribution in [1.29, 1.82) is 0 Å². The van der Waals surface area contributed by atoms with Gasteiger partial charge in [0.05, 0.1) is 0 Å². The highest BCUT2D eigenvalue weighted by molar-refractivity contribution is 5.97. The summed E-state index contributed by atoms with van der Waals surface area (Å²) < 4.78 is 0. The van der Waals surface area contributed by atoms with E-state index in [-0.39, 0.29) is 17.7 Å². The first-order valence-electron chi connectivity index (χ1n) is 8.91. The molecule has 1 aromatic heterocycles. The summed E-state index contributed by atoms with van der Waals surface area (Å²) in [5.74, 6) is -0.315. The molecule has 0 bridgehead atoms. The minimum Gasteiger partial charge on any atom is -0.344 e. The van der Waals surface area contributed by atoms with E-state index in [4.69, 9.17) is 0 Å². The summed E-state index contributed by atoms with van der Waals surface area (Å²) in [5, 5.41) is 2.89. The lowest BCUT2D eigenvalue weighted by molar-refractivity contribution is -0.133. The van der Waals surface area contributed by atoms with Gasteiger partial charge in [-0.2, -0.15) is 0 Å². The van der Waals surface area contributed by atoms with Crippen LogP contribution >= 0.6 is 0 Å². The number of amides is 2. The van der Waals surface area contributed by atoms with Crippen molar-refractivity contribution < 1.29 is 9.59 Å². The summed E-state index contributed by atoms with van der Waals surface area (Å²) in [6.45, 7) is 6.37. The molecule has 138 valence electrons. The number of pyridine rings is 1. The Hall–Kier alpha value is -2.69. The molecule has 5 heteroatoms. The summed E-state index contributed by atoms with van der Waals surface area (Å²) in [4.78, 5) is 31.3. The number of carbonyl (C=O) groups excluding carboxylic acids is 2. The third-order valence-electron chi connectivity index (χ3n) is 4.31. The van der Waals surface area contributed by atoms with E-state index in [1.807, 2.05) is 57.2 Å². The molecule has 0 saturated heterocycles. The minimum atomic E-state index is -0.559. The lowest BCUT2D eigenvalue weighted by Gasteiger charge is -2.27. The van der Waals surface area contributed by atoms with Crippen LogP contribution in [0.5, 0.6) is 0 Å². The molecule has 0 aliphatic heterocycles. The van der Waals surface area contributed by atoms with Crippen LogP contribution in [-0.4, -0.2) is 41.3 Å². The Morgan fingerprint density at radius 2 is 1.92 bits per heavy atom. The molecular weight excluding hydrogens is 326 g/mol. The zero-order valence-electron chi connectivity index (χ0n) is 15.9. The van der Waals surface area contributed by atoms with Gasteiger partial charge in [0.1, 0.15) is 6.04 Å². The third-order valence-corrected chi connectivity index (χ3v) is 4.31. The lowest BCUT2D eigenvalue weighted by atomic mass is 10.0. The first-order valence-corrected chi connectivity index (χ1v) is 8.91. The second-order valence-electron chi connectivity index (χ2n) is 6.90. The molecule has 1 atom stereocenters. The van der Waals surface area contributed by atoms with Crippen molar-refractivity contribution in [2.45, 2.75) is 33.2 Å². The second-order valence-corrected chi connectivity index (χ2v) is 6.90. The van der Waals surface area contributed by atoms with E-state index in [9.17, 15) is 9.59 Å². The van der Waals surface area contributed by atoms with E-state index < -0.39 is 6.04 Å². The van der Waals surface area contributed by atoms with Crippen molar-refractivity contribution in [3.8, 4) is 0 Å². The number of aromatic nitrogens is 1. The van der Waals surface area contributed by atoms with Crippen LogP contribution in [0.2, 0.25) is 0 Å². The number of hydrogen-bond acceptors (Lipinski definition) is 3. The van der Waals surface area contributed by atoms with Crippen LogP contribution in [0.4, 0.5) is 0 Å². The highest BCUT2D eigenvalue weighted by atomic mass is 16.2. The number of carbonyl (C=O) groups is 2. The highest BCUT2D eigenvalue weighted by Crippen LogP contribution is 2.10. The molecule has 1 unspecified atom stereocenters. The molecule has 1 heterocycles. The Labute approximate surface area is 155 Å². The average molecular weight is 353 g/mol. The molecule has 26 heavy (non-hydrogen) atoms. The standard InChI is InChI=1S/C21H27N3O2/c1-15(2)19(23-20(25)17-9-7-8-16(3)14-17)21(26)24(4)13-11-18-10-5-6-12-22-18/h5-10,12,14-15,19H,11,13H2,1-4H3,(H,23,25). The Morgan fingerprint density at radius 1 is 1.15 bits per heavy atom. The maximum atomic E-state index is 12.8. The molecule has 0 aliphatic carbocycles. The van der Waals surface area contributed by atoms with Gasteiger partial charge in [-0.15, -0.1) is 0 Å². The molecule has 1 aromatic carbocycles.